The number of rotatable bonds is 3. The Morgan fingerprint density at radius 2 is 1.80 bits per heavy atom. The molecule has 2 N–H and O–H groups in total. The van der Waals surface area contributed by atoms with Gasteiger partial charge in [-0.1, -0.05) is 44.5 Å². The summed E-state index contributed by atoms with van der Waals surface area (Å²) in [7, 11) is 0. The normalized spacial score (nSPS) is 16.7. The van der Waals surface area contributed by atoms with Crippen LogP contribution < -0.4 is 10.6 Å². The molecule has 4 nitrogen and oxygen atoms in total. The highest BCUT2D eigenvalue weighted by molar-refractivity contribution is 7.17. The first-order valence-electron chi connectivity index (χ1n) is 9.46. The molecule has 0 spiro atoms. The number of nitrogens with one attached hydrogen (secondary N) is 2. The molecule has 1 atom stereocenters. The number of anilines is 2. The van der Waals surface area contributed by atoms with Crippen LogP contribution in [-0.4, -0.2) is 18.0 Å². The second kappa shape index (κ2) is 8.23. The van der Waals surface area contributed by atoms with Crippen LogP contribution in [-0.2, 0) is 17.6 Å². The maximum Gasteiger partial charge on any atom is 0.471 e. The Morgan fingerprint density at radius 1 is 1.13 bits per heavy atom. The van der Waals surface area contributed by atoms with E-state index in [4.69, 9.17) is 11.6 Å². The highest BCUT2D eigenvalue weighted by Gasteiger charge is 2.41. The summed E-state index contributed by atoms with van der Waals surface area (Å²) in [4.78, 5) is 25.4. The molecule has 0 radical (unpaired) electrons. The van der Waals surface area contributed by atoms with E-state index in [-0.39, 0.29) is 16.0 Å². The fourth-order valence-corrected chi connectivity index (χ4v) is 5.08. The molecule has 1 aliphatic rings. The van der Waals surface area contributed by atoms with Crippen molar-refractivity contribution in [2.75, 3.05) is 10.6 Å². The highest BCUT2D eigenvalue weighted by Crippen LogP contribution is 2.44. The van der Waals surface area contributed by atoms with E-state index in [1.807, 2.05) is 5.32 Å². The number of para-hydroxylation sites is 1. The average molecular weight is 459 g/mol. The maximum absolute atomic E-state index is 13.0. The standard InChI is InChI=1S/C21H22ClF3N2O2S/c1-20(2,3)11-8-9-12-15(10-11)30-18(27-19(29)21(23,24)25)16(12)17(28)26-14-7-5-4-6-13(14)22/h4-7,11H,8-10H2,1-3H3,(H,26,28)(H,27,29). The van der Waals surface area contributed by atoms with Gasteiger partial charge in [0.05, 0.1) is 16.3 Å². The Morgan fingerprint density at radius 3 is 2.40 bits per heavy atom. The van der Waals surface area contributed by atoms with Crippen LogP contribution in [0.3, 0.4) is 0 Å². The third-order valence-electron chi connectivity index (χ3n) is 5.32. The van der Waals surface area contributed by atoms with Gasteiger partial charge in [0, 0.05) is 4.88 Å². The monoisotopic (exact) mass is 458 g/mol. The molecule has 0 saturated carbocycles. The Hall–Kier alpha value is -2.06. The first-order chi connectivity index (χ1) is 13.9. The third-order valence-corrected chi connectivity index (χ3v) is 6.82. The fourth-order valence-electron chi connectivity index (χ4n) is 3.57. The van der Waals surface area contributed by atoms with Crippen LogP contribution >= 0.6 is 22.9 Å². The molecule has 1 unspecified atom stereocenters. The number of hydrogen-bond donors (Lipinski definition) is 2. The SMILES string of the molecule is CC(C)(C)C1CCc2c(sc(NC(=O)C(F)(F)F)c2C(=O)Nc2ccccc2Cl)C1. The minimum atomic E-state index is -5.05. The second-order valence-corrected chi connectivity index (χ2v) is 9.91. The van der Waals surface area contributed by atoms with Crippen LogP contribution in [0.1, 0.15) is 48.0 Å². The van der Waals surface area contributed by atoms with E-state index < -0.39 is 18.0 Å². The summed E-state index contributed by atoms with van der Waals surface area (Å²) in [6.45, 7) is 6.36. The summed E-state index contributed by atoms with van der Waals surface area (Å²) < 4.78 is 38.5. The zero-order valence-electron chi connectivity index (χ0n) is 16.7. The van der Waals surface area contributed by atoms with E-state index in [0.717, 1.165) is 22.6 Å². The molecular formula is C21H22ClF3N2O2S. The van der Waals surface area contributed by atoms with Gasteiger partial charge in [-0.05, 0) is 48.3 Å². The van der Waals surface area contributed by atoms with Crippen molar-refractivity contribution in [1.29, 1.82) is 0 Å². The van der Waals surface area contributed by atoms with E-state index >= 15 is 0 Å². The maximum atomic E-state index is 13.0. The molecule has 3 rings (SSSR count). The van der Waals surface area contributed by atoms with Gasteiger partial charge in [-0.25, -0.2) is 0 Å². The Balaban J connectivity index is 1.99. The predicted octanol–water partition coefficient (Wildman–Crippen LogP) is 6.31. The van der Waals surface area contributed by atoms with Gasteiger partial charge in [-0.2, -0.15) is 13.2 Å². The minimum Gasteiger partial charge on any atom is -0.321 e. The number of carbonyl (C=O) groups excluding carboxylic acids is 2. The number of alkyl halides is 3. The lowest BCUT2D eigenvalue weighted by molar-refractivity contribution is -0.167. The van der Waals surface area contributed by atoms with Gasteiger partial charge in [-0.15, -0.1) is 11.3 Å². The molecule has 30 heavy (non-hydrogen) atoms. The first kappa shape index (κ1) is 22.6. The van der Waals surface area contributed by atoms with Crippen molar-refractivity contribution >= 4 is 45.4 Å². The Labute approximate surface area is 181 Å². The zero-order chi connectivity index (χ0) is 22.3. The van der Waals surface area contributed by atoms with Gasteiger partial charge < -0.3 is 10.6 Å². The molecular weight excluding hydrogens is 437 g/mol. The quantitative estimate of drug-likeness (QED) is 0.566. The van der Waals surface area contributed by atoms with Crippen LogP contribution in [0.4, 0.5) is 23.9 Å². The van der Waals surface area contributed by atoms with Gasteiger partial charge in [0.1, 0.15) is 5.00 Å². The number of carbonyl (C=O) groups is 2. The molecule has 162 valence electrons. The van der Waals surface area contributed by atoms with Crippen LogP contribution in [0.25, 0.3) is 0 Å². The van der Waals surface area contributed by atoms with Gasteiger partial charge in [0.2, 0.25) is 0 Å². The van der Waals surface area contributed by atoms with E-state index in [1.54, 1.807) is 24.3 Å². The number of halogens is 4. The van der Waals surface area contributed by atoms with Crippen LogP contribution in [0.5, 0.6) is 0 Å². The number of hydrogen-bond acceptors (Lipinski definition) is 3. The highest BCUT2D eigenvalue weighted by atomic mass is 35.5. The number of benzene rings is 1. The van der Waals surface area contributed by atoms with Crippen molar-refractivity contribution in [3.63, 3.8) is 0 Å². The van der Waals surface area contributed by atoms with E-state index in [9.17, 15) is 22.8 Å². The fraction of sp³-hybridized carbons (Fsp3) is 0.429. The molecule has 0 bridgehead atoms. The van der Waals surface area contributed by atoms with Crippen molar-refractivity contribution in [3.05, 3.63) is 45.3 Å². The molecule has 1 aromatic heterocycles. The van der Waals surface area contributed by atoms with E-state index in [2.05, 4.69) is 26.1 Å². The summed E-state index contributed by atoms with van der Waals surface area (Å²) in [5.41, 5.74) is 1.15. The summed E-state index contributed by atoms with van der Waals surface area (Å²) >= 11 is 7.14. The van der Waals surface area contributed by atoms with Crippen molar-refractivity contribution in [1.82, 2.24) is 0 Å². The van der Waals surface area contributed by atoms with E-state index in [1.165, 1.54) is 0 Å². The predicted molar refractivity (Wildman–Crippen MR) is 113 cm³/mol. The molecule has 0 aliphatic heterocycles. The van der Waals surface area contributed by atoms with Crippen molar-refractivity contribution in [3.8, 4) is 0 Å². The first-order valence-corrected chi connectivity index (χ1v) is 10.7. The minimum absolute atomic E-state index is 0.0248. The Bertz CT molecular complexity index is 980. The lowest BCUT2D eigenvalue weighted by atomic mass is 9.72. The molecule has 2 aromatic rings. The summed E-state index contributed by atoms with van der Waals surface area (Å²) in [5.74, 6) is -2.36. The van der Waals surface area contributed by atoms with Gasteiger partial charge in [0.25, 0.3) is 5.91 Å². The summed E-state index contributed by atoms with van der Waals surface area (Å²) in [6.07, 6.45) is -3.03. The smallest absolute Gasteiger partial charge is 0.321 e. The van der Waals surface area contributed by atoms with Crippen molar-refractivity contribution in [2.24, 2.45) is 11.3 Å². The number of fused-ring (bicyclic) bond motifs is 1. The van der Waals surface area contributed by atoms with Crippen molar-refractivity contribution < 1.29 is 22.8 Å². The molecule has 9 heteroatoms. The summed E-state index contributed by atoms with van der Waals surface area (Å²) in [5, 5.41) is 4.79. The third kappa shape index (κ3) is 4.81. The van der Waals surface area contributed by atoms with Crippen LogP contribution in [0, 0.1) is 11.3 Å². The largest absolute Gasteiger partial charge is 0.471 e. The summed E-state index contributed by atoms with van der Waals surface area (Å²) in [6, 6.07) is 6.58. The second-order valence-electron chi connectivity index (χ2n) is 8.40. The number of thiophene rings is 1. The van der Waals surface area contributed by atoms with Gasteiger partial charge in [-0.3, -0.25) is 9.59 Å². The lowest BCUT2D eigenvalue weighted by Crippen LogP contribution is -2.30. The van der Waals surface area contributed by atoms with Crippen molar-refractivity contribution in [2.45, 2.75) is 46.2 Å². The molecule has 1 heterocycles. The molecule has 0 saturated heterocycles. The van der Waals surface area contributed by atoms with Gasteiger partial charge in [0.15, 0.2) is 0 Å². The topological polar surface area (TPSA) is 58.2 Å². The number of amides is 2. The molecule has 2 amide bonds. The molecule has 1 aromatic carbocycles. The van der Waals surface area contributed by atoms with Crippen LogP contribution in [0.15, 0.2) is 24.3 Å². The van der Waals surface area contributed by atoms with Crippen LogP contribution in [0.2, 0.25) is 5.02 Å². The zero-order valence-corrected chi connectivity index (χ0v) is 18.3. The Kier molecular flexibility index (Phi) is 6.20. The van der Waals surface area contributed by atoms with Gasteiger partial charge >= 0.3 is 12.1 Å². The molecule has 0 fully saturated rings. The van der Waals surface area contributed by atoms with E-state index in [0.29, 0.717) is 35.0 Å². The average Bonchev–Trinajstić information content (AvgIpc) is 2.99. The lowest BCUT2D eigenvalue weighted by Gasteiger charge is -2.33. The molecule has 1 aliphatic carbocycles.